The SMILES string of the molecule is CC(C)(CC(=O)N1CCCC1c1cccc2c1OCCO2)c1ccccc1. The molecule has 142 valence electrons. The molecule has 1 fully saturated rings. The van der Waals surface area contributed by atoms with Crippen molar-refractivity contribution in [1.82, 2.24) is 4.90 Å². The number of benzene rings is 2. The zero-order valence-corrected chi connectivity index (χ0v) is 16.1. The molecule has 4 heteroatoms. The molecule has 2 heterocycles. The quantitative estimate of drug-likeness (QED) is 0.801. The van der Waals surface area contributed by atoms with E-state index in [-0.39, 0.29) is 17.4 Å². The molecule has 4 rings (SSSR count). The number of fused-ring (bicyclic) bond motifs is 1. The largest absolute Gasteiger partial charge is 0.486 e. The van der Waals surface area contributed by atoms with Crippen LogP contribution in [0, 0.1) is 0 Å². The average Bonchev–Trinajstić information content (AvgIpc) is 3.18. The Morgan fingerprint density at radius 1 is 1.07 bits per heavy atom. The van der Waals surface area contributed by atoms with Crippen LogP contribution >= 0.6 is 0 Å². The molecule has 1 atom stereocenters. The summed E-state index contributed by atoms with van der Waals surface area (Å²) in [5, 5.41) is 0. The third kappa shape index (κ3) is 3.53. The van der Waals surface area contributed by atoms with Gasteiger partial charge in [-0.15, -0.1) is 0 Å². The van der Waals surface area contributed by atoms with Crippen LogP contribution in [0.2, 0.25) is 0 Å². The number of amides is 1. The second-order valence-corrected chi connectivity index (χ2v) is 8.04. The van der Waals surface area contributed by atoms with Crippen LogP contribution in [-0.2, 0) is 10.2 Å². The van der Waals surface area contributed by atoms with Gasteiger partial charge in [0, 0.05) is 18.5 Å². The summed E-state index contributed by atoms with van der Waals surface area (Å²) >= 11 is 0. The van der Waals surface area contributed by atoms with E-state index in [2.05, 4.69) is 32.0 Å². The Morgan fingerprint density at radius 2 is 1.85 bits per heavy atom. The van der Waals surface area contributed by atoms with E-state index in [9.17, 15) is 4.79 Å². The standard InChI is InChI=1S/C23H27NO3/c1-23(2,17-8-4-3-5-9-17)16-21(25)24-13-7-11-19(24)18-10-6-12-20-22(18)27-15-14-26-20/h3-6,8-10,12,19H,7,11,13-16H2,1-2H3. The number of para-hydroxylation sites is 1. The fourth-order valence-electron chi connectivity index (χ4n) is 4.22. The summed E-state index contributed by atoms with van der Waals surface area (Å²) < 4.78 is 11.6. The van der Waals surface area contributed by atoms with Crippen molar-refractivity contribution in [3.63, 3.8) is 0 Å². The summed E-state index contributed by atoms with van der Waals surface area (Å²) in [7, 11) is 0. The van der Waals surface area contributed by atoms with Gasteiger partial charge in [-0.2, -0.15) is 0 Å². The lowest BCUT2D eigenvalue weighted by molar-refractivity contribution is -0.133. The molecule has 0 N–H and O–H groups in total. The summed E-state index contributed by atoms with van der Waals surface area (Å²) in [5.74, 6) is 1.82. The highest BCUT2D eigenvalue weighted by atomic mass is 16.6. The zero-order valence-electron chi connectivity index (χ0n) is 16.1. The number of rotatable bonds is 4. The summed E-state index contributed by atoms with van der Waals surface area (Å²) in [4.78, 5) is 15.3. The fraction of sp³-hybridized carbons (Fsp3) is 0.435. The van der Waals surface area contributed by atoms with Crippen LogP contribution in [0.1, 0.15) is 50.3 Å². The second-order valence-electron chi connectivity index (χ2n) is 8.04. The zero-order chi connectivity index (χ0) is 18.9. The summed E-state index contributed by atoms with van der Waals surface area (Å²) in [6.07, 6.45) is 2.49. The first kappa shape index (κ1) is 17.9. The molecule has 27 heavy (non-hydrogen) atoms. The molecule has 1 saturated heterocycles. The van der Waals surface area contributed by atoms with E-state index in [1.54, 1.807) is 0 Å². The van der Waals surface area contributed by atoms with Gasteiger partial charge in [-0.3, -0.25) is 4.79 Å². The van der Waals surface area contributed by atoms with Gasteiger partial charge in [-0.05, 0) is 29.9 Å². The van der Waals surface area contributed by atoms with Gasteiger partial charge >= 0.3 is 0 Å². The molecule has 0 aliphatic carbocycles. The van der Waals surface area contributed by atoms with E-state index in [1.807, 2.05) is 35.2 Å². The first-order valence-electron chi connectivity index (χ1n) is 9.80. The minimum absolute atomic E-state index is 0.0701. The number of carbonyl (C=O) groups is 1. The number of hydrogen-bond donors (Lipinski definition) is 0. The maximum absolute atomic E-state index is 13.2. The third-order valence-electron chi connectivity index (χ3n) is 5.68. The van der Waals surface area contributed by atoms with Gasteiger partial charge in [0.05, 0.1) is 6.04 Å². The Kier molecular flexibility index (Phi) is 4.81. The van der Waals surface area contributed by atoms with E-state index in [0.29, 0.717) is 19.6 Å². The van der Waals surface area contributed by atoms with E-state index in [0.717, 1.165) is 36.4 Å². The molecule has 0 aromatic heterocycles. The highest BCUT2D eigenvalue weighted by molar-refractivity contribution is 5.79. The normalized spacial score (nSPS) is 19.2. The summed E-state index contributed by atoms with van der Waals surface area (Å²) in [6, 6.07) is 16.4. The van der Waals surface area contributed by atoms with Crippen LogP contribution < -0.4 is 9.47 Å². The van der Waals surface area contributed by atoms with Crippen LogP contribution in [0.5, 0.6) is 11.5 Å². The third-order valence-corrected chi connectivity index (χ3v) is 5.68. The van der Waals surface area contributed by atoms with Gasteiger partial charge in [-0.25, -0.2) is 0 Å². The maximum atomic E-state index is 13.2. The molecule has 0 spiro atoms. The lowest BCUT2D eigenvalue weighted by Crippen LogP contribution is -2.35. The van der Waals surface area contributed by atoms with Gasteiger partial charge in [0.25, 0.3) is 0 Å². The molecular formula is C23H27NO3. The Hall–Kier alpha value is -2.49. The molecule has 2 aliphatic rings. The summed E-state index contributed by atoms with van der Waals surface area (Å²) in [6.45, 7) is 6.24. The minimum atomic E-state index is -0.193. The highest BCUT2D eigenvalue weighted by Gasteiger charge is 2.36. The van der Waals surface area contributed by atoms with E-state index >= 15 is 0 Å². The highest BCUT2D eigenvalue weighted by Crippen LogP contribution is 2.43. The Balaban J connectivity index is 1.56. The first-order chi connectivity index (χ1) is 13.1. The Labute approximate surface area is 161 Å². The molecule has 1 amide bonds. The maximum Gasteiger partial charge on any atom is 0.223 e. The Morgan fingerprint density at radius 3 is 2.67 bits per heavy atom. The van der Waals surface area contributed by atoms with Gasteiger partial charge in [-0.1, -0.05) is 56.3 Å². The van der Waals surface area contributed by atoms with Crippen molar-refractivity contribution in [1.29, 1.82) is 0 Å². The minimum Gasteiger partial charge on any atom is -0.486 e. The van der Waals surface area contributed by atoms with Crippen LogP contribution in [0.3, 0.4) is 0 Å². The predicted molar refractivity (Wildman–Crippen MR) is 105 cm³/mol. The van der Waals surface area contributed by atoms with Gasteiger partial charge in [0.1, 0.15) is 13.2 Å². The molecular weight excluding hydrogens is 338 g/mol. The smallest absolute Gasteiger partial charge is 0.223 e. The van der Waals surface area contributed by atoms with Gasteiger partial charge < -0.3 is 14.4 Å². The fourth-order valence-corrected chi connectivity index (χ4v) is 4.22. The molecule has 2 aromatic rings. The van der Waals surface area contributed by atoms with E-state index in [4.69, 9.17) is 9.47 Å². The van der Waals surface area contributed by atoms with Crippen molar-refractivity contribution < 1.29 is 14.3 Å². The van der Waals surface area contributed by atoms with Crippen molar-refractivity contribution in [3.05, 3.63) is 59.7 Å². The van der Waals surface area contributed by atoms with Crippen LogP contribution in [-0.4, -0.2) is 30.6 Å². The van der Waals surface area contributed by atoms with E-state index < -0.39 is 0 Å². The molecule has 1 unspecified atom stereocenters. The number of ether oxygens (including phenoxy) is 2. The lowest BCUT2D eigenvalue weighted by Gasteiger charge is -2.32. The van der Waals surface area contributed by atoms with Crippen molar-refractivity contribution in [2.45, 2.75) is 44.6 Å². The average molecular weight is 365 g/mol. The lowest BCUT2D eigenvalue weighted by atomic mass is 9.81. The van der Waals surface area contributed by atoms with Crippen LogP contribution in [0.25, 0.3) is 0 Å². The molecule has 0 saturated carbocycles. The van der Waals surface area contributed by atoms with Gasteiger partial charge in [0.15, 0.2) is 11.5 Å². The molecule has 4 nitrogen and oxygen atoms in total. The molecule has 0 bridgehead atoms. The Bertz CT molecular complexity index is 816. The van der Waals surface area contributed by atoms with Crippen molar-refractivity contribution in [2.24, 2.45) is 0 Å². The van der Waals surface area contributed by atoms with Crippen molar-refractivity contribution in [3.8, 4) is 11.5 Å². The number of hydrogen-bond acceptors (Lipinski definition) is 3. The van der Waals surface area contributed by atoms with Crippen LogP contribution in [0.15, 0.2) is 48.5 Å². The molecule has 2 aromatic carbocycles. The van der Waals surface area contributed by atoms with Crippen molar-refractivity contribution >= 4 is 5.91 Å². The number of carbonyl (C=O) groups excluding carboxylic acids is 1. The molecule has 2 aliphatic heterocycles. The van der Waals surface area contributed by atoms with Gasteiger partial charge in [0.2, 0.25) is 5.91 Å². The van der Waals surface area contributed by atoms with E-state index in [1.165, 1.54) is 5.56 Å². The first-order valence-corrected chi connectivity index (χ1v) is 9.80. The van der Waals surface area contributed by atoms with Crippen molar-refractivity contribution in [2.75, 3.05) is 19.8 Å². The molecule has 0 radical (unpaired) electrons. The monoisotopic (exact) mass is 365 g/mol. The number of nitrogens with zero attached hydrogens (tertiary/aromatic N) is 1. The summed E-state index contributed by atoms with van der Waals surface area (Å²) in [5.41, 5.74) is 2.08. The second kappa shape index (κ2) is 7.26. The van der Waals surface area contributed by atoms with Crippen LogP contribution in [0.4, 0.5) is 0 Å². The predicted octanol–water partition coefficient (Wildman–Crippen LogP) is 4.49. The number of likely N-dealkylation sites (tertiary alicyclic amines) is 1. The topological polar surface area (TPSA) is 38.8 Å².